The fraction of sp³-hybridized carbons (Fsp3) is 0.353. The molecule has 0 atom stereocenters. The molecule has 3 aromatic heterocycles. The van der Waals surface area contributed by atoms with Crippen molar-refractivity contribution in [2.24, 2.45) is 7.05 Å². The van der Waals surface area contributed by atoms with Gasteiger partial charge in [-0.2, -0.15) is 10.1 Å². The minimum atomic E-state index is -0.0434. The van der Waals surface area contributed by atoms with Gasteiger partial charge in [0, 0.05) is 31.4 Å². The number of carbonyl (C=O) groups is 1. The molecule has 0 saturated carbocycles. The lowest BCUT2D eigenvalue weighted by Gasteiger charge is -2.16. The first-order chi connectivity index (χ1) is 12.1. The van der Waals surface area contributed by atoms with Crippen LogP contribution < -0.4 is 0 Å². The maximum atomic E-state index is 12.8. The van der Waals surface area contributed by atoms with E-state index >= 15 is 0 Å². The number of fused-ring (bicyclic) bond motifs is 1. The number of aryl methyl sites for hydroxylation is 3. The fourth-order valence-corrected chi connectivity index (χ4v) is 3.06. The molecule has 0 radical (unpaired) electrons. The third-order valence-electron chi connectivity index (χ3n) is 4.36. The number of hydrogen-bond acceptors (Lipinski definition) is 6. The normalized spacial score (nSPS) is 13.3. The predicted molar refractivity (Wildman–Crippen MR) is 88.4 cm³/mol. The molecule has 0 bridgehead atoms. The van der Waals surface area contributed by atoms with Gasteiger partial charge in [0.25, 0.3) is 11.8 Å². The topological polar surface area (TPSA) is 89.9 Å². The molecule has 0 unspecified atom stereocenters. The third-order valence-corrected chi connectivity index (χ3v) is 4.36. The molecule has 1 aliphatic heterocycles. The van der Waals surface area contributed by atoms with Crippen LogP contribution in [0.5, 0.6) is 0 Å². The Labute approximate surface area is 144 Å². The van der Waals surface area contributed by atoms with Crippen LogP contribution in [-0.4, -0.2) is 35.7 Å². The van der Waals surface area contributed by atoms with Crippen LogP contribution in [-0.2, 0) is 26.6 Å². The largest absolute Gasteiger partial charge is 0.332 e. The van der Waals surface area contributed by atoms with E-state index in [2.05, 4.69) is 20.2 Å². The summed E-state index contributed by atoms with van der Waals surface area (Å²) in [6, 6.07) is 1.85. The Balaban J connectivity index is 1.64. The minimum Gasteiger partial charge on any atom is -0.332 e. The van der Waals surface area contributed by atoms with Crippen LogP contribution in [0.2, 0.25) is 0 Å². The van der Waals surface area contributed by atoms with E-state index in [4.69, 9.17) is 4.52 Å². The average Bonchev–Trinajstić information content (AvgIpc) is 3.31. The van der Waals surface area contributed by atoms with Gasteiger partial charge >= 0.3 is 0 Å². The van der Waals surface area contributed by atoms with Crippen molar-refractivity contribution >= 4 is 5.91 Å². The number of amides is 1. The average molecular weight is 338 g/mol. The van der Waals surface area contributed by atoms with E-state index in [1.807, 2.05) is 27.0 Å². The summed E-state index contributed by atoms with van der Waals surface area (Å²) in [5.74, 6) is 1.00. The molecular weight excluding hydrogens is 320 g/mol. The molecule has 1 amide bonds. The van der Waals surface area contributed by atoms with Crippen molar-refractivity contribution in [1.82, 2.24) is 29.8 Å². The maximum absolute atomic E-state index is 12.8. The summed E-state index contributed by atoms with van der Waals surface area (Å²) in [6.07, 6.45) is 4.03. The van der Waals surface area contributed by atoms with E-state index < -0.39 is 0 Å². The van der Waals surface area contributed by atoms with Gasteiger partial charge in [-0.25, -0.2) is 0 Å². The van der Waals surface area contributed by atoms with E-state index in [0.29, 0.717) is 42.5 Å². The van der Waals surface area contributed by atoms with Crippen LogP contribution >= 0.6 is 0 Å². The van der Waals surface area contributed by atoms with Crippen molar-refractivity contribution in [3.63, 3.8) is 0 Å². The van der Waals surface area contributed by atoms with Gasteiger partial charge in [0.2, 0.25) is 0 Å². The van der Waals surface area contributed by atoms with Gasteiger partial charge in [0.15, 0.2) is 11.5 Å². The van der Waals surface area contributed by atoms with Crippen LogP contribution in [0, 0.1) is 6.92 Å². The van der Waals surface area contributed by atoms with Gasteiger partial charge in [0.05, 0.1) is 24.3 Å². The van der Waals surface area contributed by atoms with Gasteiger partial charge in [-0.1, -0.05) is 12.1 Å². The summed E-state index contributed by atoms with van der Waals surface area (Å²) in [4.78, 5) is 23.0. The second kappa shape index (κ2) is 5.80. The number of rotatable bonds is 3. The third kappa shape index (κ3) is 2.59. The Hall–Kier alpha value is -3.03. The molecule has 0 saturated heterocycles. The van der Waals surface area contributed by atoms with Crippen molar-refractivity contribution in [1.29, 1.82) is 0 Å². The number of pyridine rings is 1. The zero-order valence-electron chi connectivity index (χ0n) is 14.4. The number of aromatic nitrogens is 5. The molecule has 25 heavy (non-hydrogen) atoms. The quantitative estimate of drug-likeness (QED) is 0.724. The Morgan fingerprint density at radius 2 is 2.16 bits per heavy atom. The highest BCUT2D eigenvalue weighted by atomic mass is 16.5. The summed E-state index contributed by atoms with van der Waals surface area (Å²) in [5.41, 5.74) is 4.15. The molecule has 0 fully saturated rings. The molecule has 4 rings (SSSR count). The lowest BCUT2D eigenvalue weighted by Crippen LogP contribution is -2.26. The molecule has 1 aliphatic rings. The molecule has 0 N–H and O–H groups in total. The summed E-state index contributed by atoms with van der Waals surface area (Å²) in [7, 11) is 1.86. The van der Waals surface area contributed by atoms with Crippen LogP contribution in [0.3, 0.4) is 0 Å². The van der Waals surface area contributed by atoms with Crippen molar-refractivity contribution in [2.45, 2.75) is 33.4 Å². The summed E-state index contributed by atoms with van der Waals surface area (Å²) in [6.45, 7) is 4.86. The van der Waals surface area contributed by atoms with Gasteiger partial charge in [0.1, 0.15) is 0 Å². The summed E-state index contributed by atoms with van der Waals surface area (Å²) >= 11 is 0. The second-order valence-corrected chi connectivity index (χ2v) is 6.18. The standard InChI is InChI=1S/C17H18N6O2/c1-4-14-19-16(25-21-14)15-12-8-23(9-13(12)22(3)20-15)17(24)11-5-10(2)6-18-7-11/h5-7H,4,8-9H2,1-3H3. The molecule has 0 spiro atoms. The second-order valence-electron chi connectivity index (χ2n) is 6.18. The lowest BCUT2D eigenvalue weighted by atomic mass is 10.2. The first kappa shape index (κ1) is 15.5. The minimum absolute atomic E-state index is 0.0434. The monoisotopic (exact) mass is 338 g/mol. The molecule has 0 aliphatic carbocycles. The summed E-state index contributed by atoms with van der Waals surface area (Å²) < 4.78 is 7.11. The van der Waals surface area contributed by atoms with E-state index in [-0.39, 0.29) is 5.91 Å². The molecule has 8 nitrogen and oxygen atoms in total. The lowest BCUT2D eigenvalue weighted by molar-refractivity contribution is 0.0748. The molecule has 4 heterocycles. The molecular formula is C17H18N6O2. The Morgan fingerprint density at radius 1 is 1.32 bits per heavy atom. The van der Waals surface area contributed by atoms with Crippen molar-refractivity contribution < 1.29 is 9.32 Å². The molecule has 8 heteroatoms. The van der Waals surface area contributed by atoms with E-state index in [9.17, 15) is 4.79 Å². The number of hydrogen-bond donors (Lipinski definition) is 0. The van der Waals surface area contributed by atoms with Gasteiger partial charge in [-0.3, -0.25) is 14.5 Å². The first-order valence-electron chi connectivity index (χ1n) is 8.15. The van der Waals surface area contributed by atoms with E-state index in [0.717, 1.165) is 16.8 Å². The maximum Gasteiger partial charge on any atom is 0.278 e. The van der Waals surface area contributed by atoms with E-state index in [1.165, 1.54) is 0 Å². The van der Waals surface area contributed by atoms with Gasteiger partial charge < -0.3 is 9.42 Å². The Bertz CT molecular complexity index is 958. The zero-order chi connectivity index (χ0) is 17.6. The van der Waals surface area contributed by atoms with Crippen molar-refractivity contribution in [2.75, 3.05) is 0 Å². The predicted octanol–water partition coefficient (Wildman–Crippen LogP) is 1.89. The van der Waals surface area contributed by atoms with Crippen molar-refractivity contribution in [3.05, 3.63) is 46.7 Å². The van der Waals surface area contributed by atoms with E-state index in [1.54, 1.807) is 22.0 Å². The Morgan fingerprint density at radius 3 is 2.88 bits per heavy atom. The van der Waals surface area contributed by atoms with Crippen LogP contribution in [0.4, 0.5) is 0 Å². The smallest absolute Gasteiger partial charge is 0.278 e. The van der Waals surface area contributed by atoms with Crippen LogP contribution in [0.25, 0.3) is 11.6 Å². The molecule has 0 aromatic carbocycles. The highest BCUT2D eigenvalue weighted by Gasteiger charge is 2.32. The highest BCUT2D eigenvalue weighted by molar-refractivity contribution is 5.94. The molecule has 3 aromatic rings. The number of carbonyl (C=O) groups excluding carboxylic acids is 1. The first-order valence-corrected chi connectivity index (χ1v) is 8.15. The van der Waals surface area contributed by atoms with Crippen molar-refractivity contribution in [3.8, 4) is 11.6 Å². The fourth-order valence-electron chi connectivity index (χ4n) is 3.06. The highest BCUT2D eigenvalue weighted by Crippen LogP contribution is 2.32. The zero-order valence-corrected chi connectivity index (χ0v) is 14.4. The van der Waals surface area contributed by atoms with Crippen LogP contribution in [0.15, 0.2) is 23.0 Å². The van der Waals surface area contributed by atoms with Crippen LogP contribution in [0.1, 0.15) is 39.9 Å². The summed E-state index contributed by atoms with van der Waals surface area (Å²) in [5, 5.41) is 8.43. The number of nitrogens with zero attached hydrogens (tertiary/aromatic N) is 6. The van der Waals surface area contributed by atoms with Gasteiger partial charge in [-0.15, -0.1) is 0 Å². The molecule has 128 valence electrons. The van der Waals surface area contributed by atoms with Gasteiger partial charge in [-0.05, 0) is 18.6 Å². The Kier molecular flexibility index (Phi) is 3.60. The SMILES string of the molecule is CCc1noc(-c2nn(C)c3c2CN(C(=O)c2cncc(C)c2)C3)n1.